The molecule has 0 unspecified atom stereocenters. The summed E-state index contributed by atoms with van der Waals surface area (Å²) in [6, 6.07) is 16.7. The van der Waals surface area contributed by atoms with Crippen molar-refractivity contribution in [1.82, 2.24) is 18.9 Å². The Morgan fingerprint density at radius 1 is 1.06 bits per heavy atom. The number of benzene rings is 2. The van der Waals surface area contributed by atoms with Gasteiger partial charge in [-0.15, -0.1) is 0 Å². The largest absolute Gasteiger partial charge is 0.467 e. The lowest BCUT2D eigenvalue weighted by Gasteiger charge is -2.13. The van der Waals surface area contributed by atoms with Crippen LogP contribution in [0.2, 0.25) is 5.02 Å². The van der Waals surface area contributed by atoms with Crippen LogP contribution in [0.3, 0.4) is 0 Å². The quantitative estimate of drug-likeness (QED) is 0.340. The maximum absolute atomic E-state index is 13.1. The first-order valence-corrected chi connectivity index (χ1v) is 12.6. The normalized spacial score (nSPS) is 12.2. The SMILES string of the molecule is CN(C)S(=O)(=O)n1cc(C=C(NC(=O)c2ccccc2Cl)C(=O)NCc2ccco2)c2ccccc21. The molecule has 0 saturated carbocycles. The third-order valence-corrected chi connectivity index (χ3v) is 7.38. The van der Waals surface area contributed by atoms with Crippen LogP contribution in [-0.4, -0.2) is 42.6 Å². The van der Waals surface area contributed by atoms with Crippen molar-refractivity contribution >= 4 is 50.6 Å². The molecule has 0 aliphatic heterocycles. The number of rotatable bonds is 8. The second kappa shape index (κ2) is 10.4. The van der Waals surface area contributed by atoms with Crippen molar-refractivity contribution < 1.29 is 22.4 Å². The topological polar surface area (TPSA) is 114 Å². The molecule has 4 aromatic rings. The van der Waals surface area contributed by atoms with E-state index in [0.717, 1.165) is 8.28 Å². The number of hydrogen-bond acceptors (Lipinski definition) is 5. The molecular formula is C25H23ClN4O5S. The fourth-order valence-electron chi connectivity index (χ4n) is 3.48. The average Bonchev–Trinajstić information content (AvgIpc) is 3.51. The Bertz CT molecular complexity index is 1560. The van der Waals surface area contributed by atoms with Crippen LogP contribution >= 0.6 is 11.6 Å². The van der Waals surface area contributed by atoms with Crippen LogP contribution in [-0.2, 0) is 21.5 Å². The minimum atomic E-state index is -3.85. The van der Waals surface area contributed by atoms with Crippen LogP contribution < -0.4 is 10.6 Å². The van der Waals surface area contributed by atoms with Crippen molar-refractivity contribution in [3.8, 4) is 0 Å². The predicted molar refractivity (Wildman–Crippen MR) is 137 cm³/mol. The first-order valence-electron chi connectivity index (χ1n) is 10.8. The molecule has 0 radical (unpaired) electrons. The summed E-state index contributed by atoms with van der Waals surface area (Å²) in [5, 5.41) is 6.11. The van der Waals surface area contributed by atoms with E-state index in [1.165, 1.54) is 38.7 Å². The lowest BCUT2D eigenvalue weighted by atomic mass is 10.1. The van der Waals surface area contributed by atoms with Crippen LogP contribution in [0.5, 0.6) is 0 Å². The molecule has 11 heteroatoms. The summed E-state index contributed by atoms with van der Waals surface area (Å²) in [4.78, 5) is 26.1. The Morgan fingerprint density at radius 3 is 2.47 bits per heavy atom. The number of nitrogens with one attached hydrogen (secondary N) is 2. The first kappa shape index (κ1) is 25.2. The predicted octanol–water partition coefficient (Wildman–Crippen LogP) is 3.63. The number of hydrogen-bond donors (Lipinski definition) is 2. The molecule has 0 fully saturated rings. The Morgan fingerprint density at radius 2 is 1.78 bits per heavy atom. The van der Waals surface area contributed by atoms with Crippen molar-refractivity contribution in [3.05, 3.63) is 101 Å². The number of halogens is 1. The summed E-state index contributed by atoms with van der Waals surface area (Å²) in [6.07, 6.45) is 4.31. The maximum Gasteiger partial charge on any atom is 0.307 e. The zero-order chi connectivity index (χ0) is 25.9. The minimum Gasteiger partial charge on any atom is -0.467 e. The molecular weight excluding hydrogens is 504 g/mol. The number of amides is 2. The number of carbonyl (C=O) groups is 2. The van der Waals surface area contributed by atoms with Gasteiger partial charge in [0, 0.05) is 31.2 Å². The van der Waals surface area contributed by atoms with Gasteiger partial charge in [0.25, 0.3) is 11.8 Å². The molecule has 186 valence electrons. The highest BCUT2D eigenvalue weighted by Crippen LogP contribution is 2.26. The molecule has 4 rings (SSSR count). The second-order valence-electron chi connectivity index (χ2n) is 7.94. The summed E-state index contributed by atoms with van der Waals surface area (Å²) in [7, 11) is -0.992. The third kappa shape index (κ3) is 5.20. The Hall–Kier alpha value is -3.86. The van der Waals surface area contributed by atoms with Crippen LogP contribution in [0.4, 0.5) is 0 Å². The van der Waals surface area contributed by atoms with E-state index in [9.17, 15) is 18.0 Å². The number of furan rings is 1. The van der Waals surface area contributed by atoms with Crippen molar-refractivity contribution in [2.24, 2.45) is 0 Å². The first-order chi connectivity index (χ1) is 17.2. The molecule has 36 heavy (non-hydrogen) atoms. The highest BCUT2D eigenvalue weighted by atomic mass is 35.5. The van der Waals surface area contributed by atoms with Crippen LogP contribution in [0, 0.1) is 0 Å². The molecule has 0 spiro atoms. The monoisotopic (exact) mass is 526 g/mol. The number of aromatic nitrogens is 1. The molecule has 2 heterocycles. The molecule has 2 amide bonds. The summed E-state index contributed by atoms with van der Waals surface area (Å²) >= 11 is 6.16. The molecule has 0 atom stereocenters. The van der Waals surface area contributed by atoms with E-state index in [4.69, 9.17) is 16.0 Å². The van der Waals surface area contributed by atoms with E-state index in [1.54, 1.807) is 54.6 Å². The van der Waals surface area contributed by atoms with Crippen molar-refractivity contribution in [2.75, 3.05) is 14.1 Å². The summed E-state index contributed by atoms with van der Waals surface area (Å²) < 4.78 is 33.3. The van der Waals surface area contributed by atoms with Gasteiger partial charge in [0.1, 0.15) is 11.5 Å². The Labute approximate surface area is 213 Å². The van der Waals surface area contributed by atoms with Gasteiger partial charge in [-0.3, -0.25) is 9.59 Å². The third-order valence-electron chi connectivity index (χ3n) is 5.33. The van der Waals surface area contributed by atoms with Gasteiger partial charge in [-0.1, -0.05) is 41.9 Å². The summed E-state index contributed by atoms with van der Waals surface area (Å²) in [5.41, 5.74) is 0.919. The lowest BCUT2D eigenvalue weighted by molar-refractivity contribution is -0.118. The van der Waals surface area contributed by atoms with Crippen molar-refractivity contribution in [2.45, 2.75) is 6.54 Å². The fourth-order valence-corrected chi connectivity index (χ4v) is 4.71. The van der Waals surface area contributed by atoms with Gasteiger partial charge in [-0.25, -0.2) is 3.97 Å². The summed E-state index contributed by atoms with van der Waals surface area (Å²) in [6.45, 7) is 0.0852. The molecule has 2 N–H and O–H groups in total. The van der Waals surface area contributed by atoms with Gasteiger partial charge in [-0.05, 0) is 36.4 Å². The highest BCUT2D eigenvalue weighted by molar-refractivity contribution is 7.87. The minimum absolute atomic E-state index is 0.0852. The molecule has 2 aromatic heterocycles. The zero-order valence-corrected chi connectivity index (χ0v) is 21.0. The number of carbonyl (C=O) groups excluding carboxylic acids is 2. The molecule has 2 aromatic carbocycles. The molecule has 0 bridgehead atoms. The number of para-hydroxylation sites is 1. The summed E-state index contributed by atoms with van der Waals surface area (Å²) in [5.74, 6) is -0.669. The van der Waals surface area contributed by atoms with Crippen molar-refractivity contribution in [1.29, 1.82) is 0 Å². The zero-order valence-electron chi connectivity index (χ0n) is 19.4. The van der Waals surface area contributed by atoms with Gasteiger partial charge in [0.2, 0.25) is 0 Å². The van der Waals surface area contributed by atoms with Gasteiger partial charge >= 0.3 is 10.2 Å². The van der Waals surface area contributed by atoms with E-state index >= 15 is 0 Å². The number of fused-ring (bicyclic) bond motifs is 1. The smallest absolute Gasteiger partial charge is 0.307 e. The van der Waals surface area contributed by atoms with Gasteiger partial charge in [0.05, 0.1) is 28.9 Å². The van der Waals surface area contributed by atoms with Gasteiger partial charge < -0.3 is 15.1 Å². The lowest BCUT2D eigenvalue weighted by Crippen LogP contribution is -2.34. The molecule has 0 aliphatic carbocycles. The van der Waals surface area contributed by atoms with E-state index in [2.05, 4.69) is 10.6 Å². The van der Waals surface area contributed by atoms with Crippen LogP contribution in [0.15, 0.2) is 83.2 Å². The molecule has 0 aliphatic rings. The average molecular weight is 527 g/mol. The van der Waals surface area contributed by atoms with Crippen LogP contribution in [0.1, 0.15) is 21.7 Å². The van der Waals surface area contributed by atoms with Crippen molar-refractivity contribution in [3.63, 3.8) is 0 Å². The Balaban J connectivity index is 1.77. The maximum atomic E-state index is 13.1. The Kier molecular flexibility index (Phi) is 7.30. The number of nitrogens with zero attached hydrogens (tertiary/aromatic N) is 2. The van der Waals surface area contributed by atoms with E-state index in [1.807, 2.05) is 0 Å². The fraction of sp³-hybridized carbons (Fsp3) is 0.120. The van der Waals surface area contributed by atoms with E-state index in [-0.39, 0.29) is 22.8 Å². The molecule has 0 saturated heterocycles. The van der Waals surface area contributed by atoms with Gasteiger partial charge in [0.15, 0.2) is 0 Å². The van der Waals surface area contributed by atoms with E-state index in [0.29, 0.717) is 22.2 Å². The highest BCUT2D eigenvalue weighted by Gasteiger charge is 2.22. The van der Waals surface area contributed by atoms with Gasteiger partial charge in [-0.2, -0.15) is 12.7 Å². The van der Waals surface area contributed by atoms with E-state index < -0.39 is 22.0 Å². The molecule has 9 nitrogen and oxygen atoms in total. The standard InChI is InChI=1S/C25H23ClN4O5S/c1-29(2)36(33,34)30-16-17(19-9-4-6-12-23(19)30)14-22(25(32)27-15-18-8-7-13-35-18)28-24(31)20-10-3-5-11-21(20)26/h3-14,16H,15H2,1-2H3,(H,27,32)(H,28,31). The second-order valence-corrected chi connectivity index (χ2v) is 10.4. The van der Waals surface area contributed by atoms with Crippen LogP contribution in [0.25, 0.3) is 17.0 Å².